The van der Waals surface area contributed by atoms with E-state index in [1.807, 2.05) is 19.1 Å². The number of hydrogen-bond donors (Lipinski definition) is 1. The first kappa shape index (κ1) is 17.7. The van der Waals surface area contributed by atoms with Crippen LogP contribution in [0, 0.1) is 5.41 Å². The van der Waals surface area contributed by atoms with E-state index in [1.165, 1.54) is 36.0 Å². The monoisotopic (exact) mass is 288 g/mol. The Hall–Kier alpha value is -1.34. The second-order valence-electron chi connectivity index (χ2n) is 6.67. The van der Waals surface area contributed by atoms with E-state index in [0.717, 1.165) is 5.57 Å². The average molecular weight is 288 g/mol. The molecule has 1 aliphatic carbocycles. The molecule has 0 aromatic heterocycles. The molecule has 0 heterocycles. The highest BCUT2D eigenvalue weighted by molar-refractivity contribution is 5.37. The van der Waals surface area contributed by atoms with Crippen LogP contribution in [0.5, 0.6) is 0 Å². The molecule has 0 saturated carbocycles. The van der Waals surface area contributed by atoms with E-state index < -0.39 is 0 Å². The van der Waals surface area contributed by atoms with Gasteiger partial charge in [0, 0.05) is 1.43 Å². The molecular weight excluding hydrogens is 256 g/mol. The Balaban J connectivity index is 0.00000441. The first-order valence-corrected chi connectivity index (χ1v) is 7.87. The van der Waals surface area contributed by atoms with Crippen LogP contribution in [-0.2, 0) is 0 Å². The molecule has 0 radical (unpaired) electrons. The fraction of sp³-hybridized carbons (Fsp3) is 0.500. The van der Waals surface area contributed by atoms with Gasteiger partial charge in [-0.15, -0.1) is 0 Å². The van der Waals surface area contributed by atoms with Crippen molar-refractivity contribution in [1.29, 1.82) is 0 Å². The van der Waals surface area contributed by atoms with Crippen LogP contribution in [0.3, 0.4) is 0 Å². The summed E-state index contributed by atoms with van der Waals surface area (Å²) in [5, 5.41) is 8.81. The van der Waals surface area contributed by atoms with Gasteiger partial charge in [0.15, 0.2) is 0 Å². The van der Waals surface area contributed by atoms with Crippen molar-refractivity contribution < 1.29 is 6.53 Å². The second kappa shape index (κ2) is 8.19. The Kier molecular flexibility index (Phi) is 6.91. The van der Waals surface area contributed by atoms with Crippen molar-refractivity contribution in [3.63, 3.8) is 0 Å². The number of aliphatic hydroxyl groups is 1. The molecule has 0 fully saturated rings. The Morgan fingerprint density at radius 2 is 1.95 bits per heavy atom. The summed E-state index contributed by atoms with van der Waals surface area (Å²) in [6.07, 6.45) is 16.3. The van der Waals surface area contributed by atoms with Gasteiger partial charge in [-0.25, -0.2) is 0 Å². The maximum Gasteiger partial charge on any atom is 0.0617 e. The third-order valence-corrected chi connectivity index (χ3v) is 4.19. The lowest BCUT2D eigenvalue weighted by molar-refractivity contribution is 0.342. The van der Waals surface area contributed by atoms with Crippen molar-refractivity contribution in [2.75, 3.05) is 6.61 Å². The summed E-state index contributed by atoms with van der Waals surface area (Å²) in [6, 6.07) is 0. The predicted octanol–water partition coefficient (Wildman–Crippen LogP) is 5.76. The van der Waals surface area contributed by atoms with Crippen molar-refractivity contribution in [2.24, 2.45) is 5.41 Å². The maximum absolute atomic E-state index is 8.81. The van der Waals surface area contributed by atoms with Crippen molar-refractivity contribution >= 4 is 0 Å². The maximum atomic E-state index is 8.81. The lowest BCUT2D eigenvalue weighted by atomic mass is 9.72. The van der Waals surface area contributed by atoms with Gasteiger partial charge in [-0.05, 0) is 51.0 Å². The molecule has 1 rings (SSSR count). The lowest BCUT2D eigenvalue weighted by Crippen LogP contribution is -2.19. The number of allylic oxidation sites excluding steroid dienone is 9. The smallest absolute Gasteiger partial charge is 0.0617 e. The van der Waals surface area contributed by atoms with Gasteiger partial charge in [0.2, 0.25) is 0 Å². The Morgan fingerprint density at radius 1 is 1.24 bits per heavy atom. The first-order chi connectivity index (χ1) is 9.86. The van der Waals surface area contributed by atoms with Gasteiger partial charge in [0.1, 0.15) is 0 Å². The second-order valence-corrected chi connectivity index (χ2v) is 6.67. The third-order valence-electron chi connectivity index (χ3n) is 4.19. The summed E-state index contributed by atoms with van der Waals surface area (Å²) in [6.45, 7) is 11.2. The fourth-order valence-corrected chi connectivity index (χ4v) is 2.84. The van der Waals surface area contributed by atoms with Crippen molar-refractivity contribution in [3.05, 3.63) is 58.7 Å². The van der Waals surface area contributed by atoms with Crippen LogP contribution < -0.4 is 0 Å². The van der Waals surface area contributed by atoms with E-state index in [-0.39, 0.29) is 8.03 Å². The van der Waals surface area contributed by atoms with Crippen LogP contribution in [0.2, 0.25) is 0 Å². The zero-order valence-electron chi connectivity index (χ0n) is 14.2. The van der Waals surface area contributed by atoms with E-state index in [2.05, 4.69) is 45.9 Å². The largest absolute Gasteiger partial charge is 0.392 e. The molecule has 1 nitrogen and oxygen atoms in total. The van der Waals surface area contributed by atoms with Gasteiger partial charge in [-0.2, -0.15) is 0 Å². The van der Waals surface area contributed by atoms with Crippen LogP contribution in [0.4, 0.5) is 0 Å². The minimum absolute atomic E-state index is 0. The third kappa shape index (κ3) is 5.89. The molecule has 0 aliphatic heterocycles. The van der Waals surface area contributed by atoms with Crippen LogP contribution in [0.1, 0.15) is 55.3 Å². The van der Waals surface area contributed by atoms with Crippen LogP contribution in [-0.4, -0.2) is 11.7 Å². The van der Waals surface area contributed by atoms with E-state index in [0.29, 0.717) is 5.41 Å². The summed E-state index contributed by atoms with van der Waals surface area (Å²) < 4.78 is 0. The molecule has 0 saturated heterocycles. The quantitative estimate of drug-likeness (QED) is 0.638. The summed E-state index contributed by atoms with van der Waals surface area (Å²) in [5.74, 6) is 0. The van der Waals surface area contributed by atoms with Crippen molar-refractivity contribution in [1.82, 2.24) is 0 Å². The van der Waals surface area contributed by atoms with E-state index >= 15 is 0 Å². The molecule has 1 aliphatic rings. The number of aliphatic hydroxyl groups excluding tert-OH is 1. The molecule has 1 heteroatoms. The van der Waals surface area contributed by atoms with E-state index in [4.69, 9.17) is 5.11 Å². The summed E-state index contributed by atoms with van der Waals surface area (Å²) in [7, 11) is 0. The lowest BCUT2D eigenvalue weighted by Gasteiger charge is -2.32. The highest BCUT2D eigenvalue weighted by Gasteiger charge is 2.26. The Bertz CT molecular complexity index is 502. The Morgan fingerprint density at radius 3 is 2.57 bits per heavy atom. The highest BCUT2D eigenvalue weighted by Crippen LogP contribution is 2.40. The average Bonchev–Trinajstić information content (AvgIpc) is 2.37. The zero-order valence-corrected chi connectivity index (χ0v) is 14.2. The summed E-state index contributed by atoms with van der Waals surface area (Å²) in [4.78, 5) is 0. The van der Waals surface area contributed by atoms with E-state index in [9.17, 15) is 0 Å². The normalized spacial score (nSPS) is 20.9. The van der Waals surface area contributed by atoms with Crippen LogP contribution >= 0.6 is 0 Å². The van der Waals surface area contributed by atoms with Crippen LogP contribution in [0.15, 0.2) is 58.7 Å². The molecular formula is C20H32O. The molecule has 0 aromatic rings. The molecule has 0 unspecified atom stereocenters. The minimum Gasteiger partial charge on any atom is -0.392 e. The van der Waals surface area contributed by atoms with Crippen molar-refractivity contribution in [3.8, 4) is 0 Å². The minimum atomic E-state index is 0. The molecule has 118 valence electrons. The number of rotatable bonds is 5. The summed E-state index contributed by atoms with van der Waals surface area (Å²) in [5.41, 5.74) is 5.66. The van der Waals surface area contributed by atoms with Gasteiger partial charge in [-0.1, -0.05) is 67.0 Å². The Labute approximate surface area is 131 Å². The standard InChI is InChI=1S/C20H30O.H2/c1-16(8-6-9-17(2)13-15-21)11-12-19-18(3)10-7-14-20(19,4)5;/h6,8-9,11-13,21H,7,10,14-15H2,1-5H3;1H/b9-6+,12-11+,16-8+,17-13+;. The molecule has 0 bridgehead atoms. The predicted molar refractivity (Wildman–Crippen MR) is 95.3 cm³/mol. The van der Waals surface area contributed by atoms with Gasteiger partial charge >= 0.3 is 0 Å². The zero-order chi connectivity index (χ0) is 15.9. The number of hydrogen-bond acceptors (Lipinski definition) is 1. The topological polar surface area (TPSA) is 20.2 Å². The van der Waals surface area contributed by atoms with Gasteiger partial charge in [-0.3, -0.25) is 0 Å². The molecule has 0 amide bonds. The van der Waals surface area contributed by atoms with Crippen molar-refractivity contribution in [2.45, 2.75) is 53.9 Å². The molecule has 21 heavy (non-hydrogen) atoms. The molecule has 0 atom stereocenters. The molecule has 0 aromatic carbocycles. The highest BCUT2D eigenvalue weighted by atomic mass is 16.2. The van der Waals surface area contributed by atoms with Crippen LogP contribution in [0.25, 0.3) is 0 Å². The molecule has 0 spiro atoms. The van der Waals surface area contributed by atoms with Gasteiger partial charge in [0.05, 0.1) is 6.61 Å². The fourth-order valence-electron chi connectivity index (χ4n) is 2.84. The van der Waals surface area contributed by atoms with E-state index in [1.54, 1.807) is 6.08 Å². The summed E-state index contributed by atoms with van der Waals surface area (Å²) >= 11 is 0. The van der Waals surface area contributed by atoms with Gasteiger partial charge in [0.25, 0.3) is 0 Å². The SMILES string of the molecule is CC1=C(/C=C/C(C)=C/C=C/C(C)=C/CO)C(C)(C)CCC1.[HH]. The van der Waals surface area contributed by atoms with Gasteiger partial charge < -0.3 is 5.11 Å². The first-order valence-electron chi connectivity index (χ1n) is 7.87. The molecule has 1 N–H and O–H groups in total.